The van der Waals surface area contributed by atoms with Gasteiger partial charge < -0.3 is 10.4 Å². The highest BCUT2D eigenvalue weighted by molar-refractivity contribution is 6.23. The van der Waals surface area contributed by atoms with Crippen molar-refractivity contribution in [2.45, 2.75) is 43.5 Å². The number of piperidine rings is 1. The molecule has 29 heavy (non-hydrogen) atoms. The molecule has 4 aliphatic rings. The van der Waals surface area contributed by atoms with E-state index in [0.717, 1.165) is 30.0 Å². The van der Waals surface area contributed by atoms with E-state index in [1.807, 2.05) is 6.07 Å². The molecule has 1 spiro atoms. The highest BCUT2D eigenvalue weighted by Crippen LogP contribution is 2.35. The van der Waals surface area contributed by atoms with E-state index in [4.69, 9.17) is 0 Å². The maximum atomic E-state index is 12.9. The zero-order valence-corrected chi connectivity index (χ0v) is 15.8. The molecule has 2 atom stereocenters. The van der Waals surface area contributed by atoms with E-state index in [1.54, 1.807) is 12.1 Å². The Hall–Kier alpha value is -2.62. The van der Waals surface area contributed by atoms with Crippen molar-refractivity contribution in [3.63, 3.8) is 0 Å². The number of nitrogens with one attached hydrogen (secondary N) is 2. The van der Waals surface area contributed by atoms with Crippen molar-refractivity contribution in [3.05, 3.63) is 34.9 Å². The fourth-order valence-electron chi connectivity index (χ4n) is 4.93. The van der Waals surface area contributed by atoms with Crippen molar-refractivity contribution in [1.29, 1.82) is 0 Å². The van der Waals surface area contributed by atoms with Crippen molar-refractivity contribution in [1.82, 2.24) is 20.4 Å². The summed E-state index contributed by atoms with van der Waals surface area (Å²) in [7, 11) is 0. The molecule has 3 N–H and O–H groups in total. The predicted octanol–water partition coefficient (Wildman–Crippen LogP) is -1.00. The average molecular weight is 398 g/mol. The maximum Gasteiger partial charge on any atom is 0.262 e. The van der Waals surface area contributed by atoms with Crippen LogP contribution in [0.25, 0.3) is 0 Å². The molecule has 152 valence electrons. The molecule has 0 aliphatic carbocycles. The van der Waals surface area contributed by atoms with Gasteiger partial charge in [-0.3, -0.25) is 34.3 Å². The minimum absolute atomic E-state index is 0.0446. The van der Waals surface area contributed by atoms with Crippen molar-refractivity contribution in [2.24, 2.45) is 0 Å². The molecule has 2 unspecified atom stereocenters. The molecule has 9 heteroatoms. The lowest BCUT2D eigenvalue weighted by molar-refractivity contribution is -0.136. The number of carbonyl (C=O) groups is 4. The zero-order valence-electron chi connectivity index (χ0n) is 15.8. The number of carbonyl (C=O) groups excluding carboxylic acids is 4. The lowest BCUT2D eigenvalue weighted by atomic mass is 9.88. The number of rotatable bonds is 3. The minimum Gasteiger partial charge on any atom is -0.392 e. The van der Waals surface area contributed by atoms with Crippen molar-refractivity contribution >= 4 is 23.6 Å². The summed E-state index contributed by atoms with van der Waals surface area (Å²) in [6.45, 7) is 2.81. The molecule has 4 heterocycles. The first-order chi connectivity index (χ1) is 13.9. The summed E-state index contributed by atoms with van der Waals surface area (Å²) >= 11 is 0. The summed E-state index contributed by atoms with van der Waals surface area (Å²) in [6.07, 6.45) is 0.607. The Bertz CT molecular complexity index is 941. The van der Waals surface area contributed by atoms with Gasteiger partial charge in [0, 0.05) is 38.1 Å². The van der Waals surface area contributed by atoms with Crippen LogP contribution in [0.3, 0.4) is 0 Å². The van der Waals surface area contributed by atoms with Crippen LogP contribution in [0, 0.1) is 0 Å². The van der Waals surface area contributed by atoms with E-state index >= 15 is 0 Å². The van der Waals surface area contributed by atoms with Gasteiger partial charge in [0.05, 0.1) is 17.2 Å². The SMILES string of the molecule is O=C1CCC(N2C(=O)c3ccc(CN4CC(O)CC45CNC5)cc3C2=O)C(=O)N1. The predicted molar refractivity (Wildman–Crippen MR) is 99.7 cm³/mol. The van der Waals surface area contributed by atoms with E-state index in [2.05, 4.69) is 15.5 Å². The third kappa shape index (κ3) is 2.80. The molecule has 3 saturated heterocycles. The monoisotopic (exact) mass is 398 g/mol. The van der Waals surface area contributed by atoms with Gasteiger partial charge >= 0.3 is 0 Å². The summed E-state index contributed by atoms with van der Waals surface area (Å²) in [6, 6.07) is 4.21. The Balaban J connectivity index is 1.38. The second-order valence-corrected chi connectivity index (χ2v) is 8.39. The summed E-state index contributed by atoms with van der Waals surface area (Å²) in [4.78, 5) is 52.5. The summed E-state index contributed by atoms with van der Waals surface area (Å²) in [5.41, 5.74) is 1.41. The van der Waals surface area contributed by atoms with Gasteiger partial charge in [0.15, 0.2) is 0 Å². The number of nitrogens with zero attached hydrogens (tertiary/aromatic N) is 2. The Morgan fingerprint density at radius 2 is 1.86 bits per heavy atom. The molecule has 0 bridgehead atoms. The van der Waals surface area contributed by atoms with Gasteiger partial charge in [0.25, 0.3) is 11.8 Å². The molecule has 3 fully saturated rings. The van der Waals surface area contributed by atoms with Crippen LogP contribution in [-0.4, -0.2) is 75.9 Å². The van der Waals surface area contributed by atoms with Crippen LogP contribution >= 0.6 is 0 Å². The zero-order chi connectivity index (χ0) is 20.3. The lowest BCUT2D eigenvalue weighted by Gasteiger charge is -2.46. The van der Waals surface area contributed by atoms with E-state index in [0.29, 0.717) is 13.1 Å². The van der Waals surface area contributed by atoms with Crippen LogP contribution in [0.4, 0.5) is 0 Å². The molecule has 4 aliphatic heterocycles. The number of β-amino-alcohol motifs (C(OH)–C–C–N with tert-alkyl or cyclic N) is 1. The van der Waals surface area contributed by atoms with Gasteiger partial charge in [-0.2, -0.15) is 0 Å². The Morgan fingerprint density at radius 1 is 1.10 bits per heavy atom. The van der Waals surface area contributed by atoms with Gasteiger partial charge in [-0.05, 0) is 30.5 Å². The third-order valence-electron chi connectivity index (χ3n) is 6.50. The lowest BCUT2D eigenvalue weighted by Crippen LogP contribution is -2.65. The summed E-state index contributed by atoms with van der Waals surface area (Å²) in [5.74, 6) is -2.00. The Morgan fingerprint density at radius 3 is 2.55 bits per heavy atom. The molecule has 9 nitrogen and oxygen atoms in total. The number of fused-ring (bicyclic) bond motifs is 1. The van der Waals surface area contributed by atoms with Crippen LogP contribution in [0.2, 0.25) is 0 Å². The van der Waals surface area contributed by atoms with E-state index in [-0.39, 0.29) is 35.6 Å². The van der Waals surface area contributed by atoms with Crippen LogP contribution in [0.1, 0.15) is 45.5 Å². The second-order valence-electron chi connectivity index (χ2n) is 8.39. The molecule has 0 saturated carbocycles. The number of aliphatic hydroxyl groups is 1. The molecule has 1 aromatic rings. The highest BCUT2D eigenvalue weighted by Gasteiger charge is 2.49. The van der Waals surface area contributed by atoms with Crippen molar-refractivity contribution in [3.8, 4) is 0 Å². The number of hydrogen-bond acceptors (Lipinski definition) is 7. The number of likely N-dealkylation sites (tertiary alicyclic amines) is 1. The minimum atomic E-state index is -0.957. The summed E-state index contributed by atoms with van der Waals surface area (Å²) < 4.78 is 0. The van der Waals surface area contributed by atoms with Gasteiger partial charge in [-0.25, -0.2) is 0 Å². The van der Waals surface area contributed by atoms with E-state index < -0.39 is 29.7 Å². The number of amides is 4. The smallest absolute Gasteiger partial charge is 0.262 e. The van der Waals surface area contributed by atoms with Gasteiger partial charge in [0.1, 0.15) is 6.04 Å². The number of aliphatic hydroxyl groups excluding tert-OH is 1. The molecule has 0 radical (unpaired) electrons. The first kappa shape index (κ1) is 18.4. The van der Waals surface area contributed by atoms with Crippen LogP contribution in [0.5, 0.6) is 0 Å². The van der Waals surface area contributed by atoms with Gasteiger partial charge in [-0.15, -0.1) is 0 Å². The molecule has 0 aromatic heterocycles. The highest BCUT2D eigenvalue weighted by atomic mass is 16.3. The fourth-order valence-corrected chi connectivity index (χ4v) is 4.93. The standard InChI is InChI=1S/C20H22N4O5/c25-12-6-20(9-21-10-20)23(8-12)7-11-1-2-13-14(5-11)19(29)24(18(13)28)15-3-4-16(26)22-17(15)27/h1-2,5,12,15,21,25H,3-4,6-10H2,(H,22,26,27). The molecule has 5 rings (SSSR count). The molecular weight excluding hydrogens is 376 g/mol. The first-order valence-electron chi connectivity index (χ1n) is 9.86. The van der Waals surface area contributed by atoms with Crippen LogP contribution < -0.4 is 10.6 Å². The van der Waals surface area contributed by atoms with Gasteiger partial charge in [-0.1, -0.05) is 6.07 Å². The largest absolute Gasteiger partial charge is 0.392 e. The average Bonchev–Trinajstić information content (AvgIpc) is 3.10. The molecule has 4 amide bonds. The van der Waals surface area contributed by atoms with Crippen molar-refractivity contribution in [2.75, 3.05) is 19.6 Å². The van der Waals surface area contributed by atoms with E-state index in [1.165, 1.54) is 0 Å². The molecular formula is C20H22N4O5. The third-order valence-corrected chi connectivity index (χ3v) is 6.50. The van der Waals surface area contributed by atoms with Crippen LogP contribution in [0.15, 0.2) is 18.2 Å². The second kappa shape index (κ2) is 6.45. The molecule has 1 aromatic carbocycles. The number of imide groups is 2. The van der Waals surface area contributed by atoms with Crippen LogP contribution in [-0.2, 0) is 16.1 Å². The Labute approximate surface area is 167 Å². The van der Waals surface area contributed by atoms with Crippen molar-refractivity contribution < 1.29 is 24.3 Å². The number of benzene rings is 1. The van der Waals surface area contributed by atoms with Gasteiger partial charge in [0.2, 0.25) is 11.8 Å². The first-order valence-corrected chi connectivity index (χ1v) is 9.86. The van der Waals surface area contributed by atoms with E-state index in [9.17, 15) is 24.3 Å². The topological polar surface area (TPSA) is 119 Å². The fraction of sp³-hybridized carbons (Fsp3) is 0.500. The number of hydrogen-bond donors (Lipinski definition) is 3. The normalized spacial score (nSPS) is 28.7. The maximum absolute atomic E-state index is 12.9. The Kier molecular flexibility index (Phi) is 4.09. The quantitative estimate of drug-likeness (QED) is 0.559. The summed E-state index contributed by atoms with van der Waals surface area (Å²) in [5, 5.41) is 15.6.